The zero-order valence-electron chi connectivity index (χ0n) is 14.0. The summed E-state index contributed by atoms with van der Waals surface area (Å²) >= 11 is 7.47. The fourth-order valence-electron chi connectivity index (χ4n) is 2.48. The Hall–Kier alpha value is -2.58. The highest BCUT2D eigenvalue weighted by molar-refractivity contribution is 7.98. The molecule has 132 valence electrons. The number of thioether (sulfide) groups is 1. The molecule has 0 saturated heterocycles. The number of hydrogen-bond donors (Lipinski definition) is 0. The highest BCUT2D eigenvalue weighted by Gasteiger charge is 2.16. The minimum Gasteiger partial charge on any atom is -0.469 e. The maximum absolute atomic E-state index is 6.00. The first-order valence-corrected chi connectivity index (χ1v) is 9.13. The molecular weight excluding hydrogens is 374 g/mol. The summed E-state index contributed by atoms with van der Waals surface area (Å²) in [6.45, 7) is 1.90. The van der Waals surface area contributed by atoms with Gasteiger partial charge in [-0.25, -0.2) is 0 Å². The Bertz CT molecular complexity index is 1060. The van der Waals surface area contributed by atoms with Gasteiger partial charge in [0.05, 0.1) is 17.6 Å². The lowest BCUT2D eigenvalue weighted by Gasteiger charge is -2.01. The van der Waals surface area contributed by atoms with Crippen molar-refractivity contribution in [3.05, 3.63) is 53.3 Å². The first-order valence-electron chi connectivity index (χ1n) is 7.77. The SMILES string of the molecule is Cc1occc1-c1nnc(SCc2nc(-c3cccc(Cl)c3)no2)n1C. The van der Waals surface area contributed by atoms with Crippen molar-refractivity contribution in [2.45, 2.75) is 17.8 Å². The Labute approximate surface area is 158 Å². The molecule has 0 spiro atoms. The molecule has 0 aliphatic rings. The summed E-state index contributed by atoms with van der Waals surface area (Å²) in [5.41, 5.74) is 1.74. The Balaban J connectivity index is 1.49. The van der Waals surface area contributed by atoms with Crippen molar-refractivity contribution in [2.24, 2.45) is 7.05 Å². The molecule has 3 heterocycles. The van der Waals surface area contributed by atoms with E-state index >= 15 is 0 Å². The summed E-state index contributed by atoms with van der Waals surface area (Å²) in [6, 6.07) is 9.21. The average Bonchev–Trinajstić information content (AvgIpc) is 3.34. The van der Waals surface area contributed by atoms with E-state index in [-0.39, 0.29) is 0 Å². The van der Waals surface area contributed by atoms with Crippen molar-refractivity contribution in [3.8, 4) is 22.8 Å². The average molecular weight is 388 g/mol. The van der Waals surface area contributed by atoms with E-state index in [1.807, 2.05) is 36.7 Å². The standard InChI is InChI=1S/C17H14ClN5O2S/c1-10-13(6-7-24-10)16-20-21-17(23(16)2)26-9-14-19-15(22-25-14)11-4-3-5-12(18)8-11/h3-8H,9H2,1-2H3. The van der Waals surface area contributed by atoms with Gasteiger partial charge in [0.2, 0.25) is 11.7 Å². The van der Waals surface area contributed by atoms with Crippen molar-refractivity contribution in [1.82, 2.24) is 24.9 Å². The molecule has 4 rings (SSSR count). The van der Waals surface area contributed by atoms with Gasteiger partial charge in [0.15, 0.2) is 11.0 Å². The lowest BCUT2D eigenvalue weighted by molar-refractivity contribution is 0.391. The van der Waals surface area contributed by atoms with Crippen LogP contribution in [0.2, 0.25) is 5.02 Å². The lowest BCUT2D eigenvalue weighted by Crippen LogP contribution is -1.95. The molecule has 0 aliphatic heterocycles. The molecule has 1 aromatic carbocycles. The zero-order valence-corrected chi connectivity index (χ0v) is 15.6. The predicted molar refractivity (Wildman–Crippen MR) is 97.7 cm³/mol. The molecule has 0 bridgehead atoms. The van der Waals surface area contributed by atoms with Gasteiger partial charge in [0.1, 0.15) is 5.76 Å². The summed E-state index contributed by atoms with van der Waals surface area (Å²) < 4.78 is 12.6. The van der Waals surface area contributed by atoms with E-state index < -0.39 is 0 Å². The van der Waals surface area contributed by atoms with Crippen molar-refractivity contribution in [2.75, 3.05) is 0 Å². The van der Waals surface area contributed by atoms with Crippen LogP contribution in [0.25, 0.3) is 22.8 Å². The van der Waals surface area contributed by atoms with Gasteiger partial charge < -0.3 is 13.5 Å². The smallest absolute Gasteiger partial charge is 0.237 e. The van der Waals surface area contributed by atoms with E-state index in [4.69, 9.17) is 20.5 Å². The van der Waals surface area contributed by atoms with Gasteiger partial charge in [-0.3, -0.25) is 0 Å². The maximum atomic E-state index is 6.00. The van der Waals surface area contributed by atoms with Gasteiger partial charge in [0.25, 0.3) is 0 Å². The van der Waals surface area contributed by atoms with Crippen molar-refractivity contribution in [1.29, 1.82) is 0 Å². The van der Waals surface area contributed by atoms with Crippen molar-refractivity contribution < 1.29 is 8.94 Å². The number of hydrogen-bond acceptors (Lipinski definition) is 7. The van der Waals surface area contributed by atoms with E-state index in [1.54, 1.807) is 18.4 Å². The largest absolute Gasteiger partial charge is 0.469 e. The first-order chi connectivity index (χ1) is 12.6. The van der Waals surface area contributed by atoms with Crippen LogP contribution in [0.3, 0.4) is 0 Å². The Morgan fingerprint density at radius 3 is 2.88 bits per heavy atom. The molecule has 0 fully saturated rings. The van der Waals surface area contributed by atoms with Crippen LogP contribution in [-0.4, -0.2) is 24.9 Å². The number of halogens is 1. The lowest BCUT2D eigenvalue weighted by atomic mass is 10.2. The summed E-state index contributed by atoms with van der Waals surface area (Å²) in [6.07, 6.45) is 1.64. The third-order valence-electron chi connectivity index (χ3n) is 3.81. The molecular formula is C17H14ClN5O2S. The summed E-state index contributed by atoms with van der Waals surface area (Å²) in [7, 11) is 1.91. The third-order valence-corrected chi connectivity index (χ3v) is 5.05. The fourth-order valence-corrected chi connectivity index (χ4v) is 3.42. The van der Waals surface area contributed by atoms with Crippen LogP contribution >= 0.6 is 23.4 Å². The van der Waals surface area contributed by atoms with E-state index in [9.17, 15) is 0 Å². The number of benzene rings is 1. The second-order valence-corrected chi connectivity index (χ2v) is 6.95. The number of rotatable bonds is 5. The molecule has 7 nitrogen and oxygen atoms in total. The topological polar surface area (TPSA) is 82.8 Å². The number of aryl methyl sites for hydroxylation is 1. The molecule has 0 radical (unpaired) electrons. The van der Waals surface area contributed by atoms with E-state index in [0.29, 0.717) is 22.5 Å². The number of furan rings is 1. The summed E-state index contributed by atoms with van der Waals surface area (Å²) in [5.74, 6) is 3.07. The van der Waals surface area contributed by atoms with Crippen LogP contribution in [0.4, 0.5) is 0 Å². The molecule has 9 heteroatoms. The monoisotopic (exact) mass is 387 g/mol. The Kier molecular flexibility index (Phi) is 4.52. The van der Waals surface area contributed by atoms with Gasteiger partial charge in [-0.05, 0) is 25.1 Å². The fraction of sp³-hybridized carbons (Fsp3) is 0.176. The summed E-state index contributed by atoms with van der Waals surface area (Å²) in [4.78, 5) is 4.41. The quantitative estimate of drug-likeness (QED) is 0.470. The van der Waals surface area contributed by atoms with Crippen molar-refractivity contribution in [3.63, 3.8) is 0 Å². The minimum absolute atomic E-state index is 0.490. The molecule has 0 aliphatic carbocycles. The molecule has 0 saturated carbocycles. The molecule has 26 heavy (non-hydrogen) atoms. The van der Waals surface area contributed by atoms with Crippen LogP contribution in [0.15, 0.2) is 50.7 Å². The van der Waals surface area contributed by atoms with Gasteiger partial charge in [-0.15, -0.1) is 10.2 Å². The predicted octanol–water partition coefficient (Wildman–Crippen LogP) is 4.38. The maximum Gasteiger partial charge on any atom is 0.237 e. The Morgan fingerprint density at radius 1 is 1.23 bits per heavy atom. The number of aromatic nitrogens is 5. The van der Waals surface area contributed by atoms with E-state index in [0.717, 1.165) is 27.9 Å². The van der Waals surface area contributed by atoms with Gasteiger partial charge in [0, 0.05) is 17.6 Å². The second-order valence-electron chi connectivity index (χ2n) is 5.57. The zero-order chi connectivity index (χ0) is 18.1. The normalized spacial score (nSPS) is 11.2. The first kappa shape index (κ1) is 16.9. The van der Waals surface area contributed by atoms with Crippen LogP contribution in [0.1, 0.15) is 11.7 Å². The highest BCUT2D eigenvalue weighted by Crippen LogP contribution is 2.28. The van der Waals surface area contributed by atoms with E-state index in [1.165, 1.54) is 11.8 Å². The van der Waals surface area contributed by atoms with Gasteiger partial charge in [-0.1, -0.05) is 40.7 Å². The third kappa shape index (κ3) is 3.25. The molecule has 0 N–H and O–H groups in total. The van der Waals surface area contributed by atoms with Crippen molar-refractivity contribution >= 4 is 23.4 Å². The molecule has 0 amide bonds. The molecule has 4 aromatic rings. The van der Waals surface area contributed by atoms with Crippen LogP contribution in [-0.2, 0) is 12.8 Å². The van der Waals surface area contributed by atoms with Crippen LogP contribution < -0.4 is 0 Å². The molecule has 3 aromatic heterocycles. The Morgan fingerprint density at radius 2 is 2.12 bits per heavy atom. The van der Waals surface area contributed by atoms with Gasteiger partial charge in [-0.2, -0.15) is 4.98 Å². The van der Waals surface area contributed by atoms with Crippen LogP contribution in [0, 0.1) is 6.92 Å². The van der Waals surface area contributed by atoms with E-state index in [2.05, 4.69) is 20.3 Å². The van der Waals surface area contributed by atoms with Gasteiger partial charge >= 0.3 is 0 Å². The highest BCUT2D eigenvalue weighted by atomic mass is 35.5. The minimum atomic E-state index is 0.490. The molecule has 0 atom stereocenters. The molecule has 0 unspecified atom stereocenters. The summed E-state index contributed by atoms with van der Waals surface area (Å²) in [5, 5.41) is 13.9. The second kappa shape index (κ2) is 6.97. The number of nitrogens with zero attached hydrogens (tertiary/aromatic N) is 5. The van der Waals surface area contributed by atoms with Crippen LogP contribution in [0.5, 0.6) is 0 Å².